The van der Waals surface area contributed by atoms with Gasteiger partial charge in [0.2, 0.25) is 0 Å². The molecule has 0 heterocycles. The Labute approximate surface area is 68.7 Å². The lowest BCUT2D eigenvalue weighted by atomic mass is 9.71. The minimum Gasteiger partial charge on any atom is -0.0851 e. The van der Waals surface area contributed by atoms with Gasteiger partial charge in [0.25, 0.3) is 0 Å². The summed E-state index contributed by atoms with van der Waals surface area (Å²) in [4.78, 5) is 0. The molecule has 0 N–H and O–H groups in total. The molecular formula is C11H15. The highest BCUT2D eigenvalue weighted by atomic mass is 14.5. The molecule has 59 valence electrons. The minimum absolute atomic E-state index is 0.922. The second kappa shape index (κ2) is 2.12. The summed E-state index contributed by atoms with van der Waals surface area (Å²) in [6, 6.07) is 0. The number of fused-ring (bicyclic) bond motifs is 2. The van der Waals surface area contributed by atoms with Crippen molar-refractivity contribution in [2.45, 2.75) is 32.1 Å². The van der Waals surface area contributed by atoms with Gasteiger partial charge in [-0.3, -0.25) is 0 Å². The maximum atomic E-state index is 2.46. The first kappa shape index (κ1) is 6.28. The topological polar surface area (TPSA) is 0 Å². The number of allylic oxidation sites excluding steroid dienone is 2. The Bertz CT molecular complexity index is 188. The van der Waals surface area contributed by atoms with E-state index in [0.717, 1.165) is 17.8 Å². The van der Waals surface area contributed by atoms with Crippen molar-refractivity contribution in [1.29, 1.82) is 0 Å². The Morgan fingerprint density at radius 1 is 1.18 bits per heavy atom. The van der Waals surface area contributed by atoms with Gasteiger partial charge in [0, 0.05) is 0 Å². The highest BCUT2D eigenvalue weighted by molar-refractivity contribution is 5.24. The molecule has 3 aliphatic rings. The van der Waals surface area contributed by atoms with E-state index >= 15 is 0 Å². The Morgan fingerprint density at radius 2 is 2.09 bits per heavy atom. The van der Waals surface area contributed by atoms with E-state index in [1.807, 2.05) is 5.92 Å². The first-order valence-corrected chi connectivity index (χ1v) is 4.97. The van der Waals surface area contributed by atoms with Crippen molar-refractivity contribution >= 4 is 0 Å². The van der Waals surface area contributed by atoms with Crippen LogP contribution in [0.3, 0.4) is 0 Å². The molecule has 11 heavy (non-hydrogen) atoms. The Kier molecular flexibility index (Phi) is 1.21. The number of hydrogen-bond acceptors (Lipinski definition) is 0. The quantitative estimate of drug-likeness (QED) is 0.500. The van der Waals surface area contributed by atoms with Crippen molar-refractivity contribution in [2.24, 2.45) is 17.8 Å². The van der Waals surface area contributed by atoms with Gasteiger partial charge in [-0.05, 0) is 49.4 Å². The summed E-state index contributed by atoms with van der Waals surface area (Å²) in [7, 11) is 0. The monoisotopic (exact) mass is 147 g/mol. The van der Waals surface area contributed by atoms with E-state index < -0.39 is 0 Å². The number of hydrogen-bond donors (Lipinski definition) is 0. The van der Waals surface area contributed by atoms with Gasteiger partial charge in [0.1, 0.15) is 0 Å². The molecule has 2 bridgehead atoms. The molecular weight excluding hydrogens is 132 g/mol. The largest absolute Gasteiger partial charge is 0.0851 e. The van der Waals surface area contributed by atoms with Gasteiger partial charge >= 0.3 is 0 Å². The van der Waals surface area contributed by atoms with Crippen LogP contribution in [-0.4, -0.2) is 0 Å². The van der Waals surface area contributed by atoms with Gasteiger partial charge in [0.05, 0.1) is 0 Å². The third-order valence-electron chi connectivity index (χ3n) is 3.78. The van der Waals surface area contributed by atoms with Crippen LogP contribution in [0.5, 0.6) is 0 Å². The summed E-state index contributed by atoms with van der Waals surface area (Å²) in [5.74, 6) is 4.85. The van der Waals surface area contributed by atoms with E-state index in [-0.39, 0.29) is 0 Å². The Hall–Kier alpha value is -0.260. The highest BCUT2D eigenvalue weighted by Crippen LogP contribution is 2.52. The van der Waals surface area contributed by atoms with E-state index in [9.17, 15) is 0 Å². The fourth-order valence-corrected chi connectivity index (χ4v) is 2.90. The molecule has 0 nitrogen and oxygen atoms in total. The zero-order valence-electron chi connectivity index (χ0n) is 6.92. The van der Waals surface area contributed by atoms with Crippen LogP contribution in [0, 0.1) is 23.7 Å². The summed E-state index contributed by atoms with van der Waals surface area (Å²) in [6.07, 6.45) is 12.3. The molecule has 0 aromatic rings. The molecule has 0 aromatic carbocycles. The maximum Gasteiger partial charge on any atom is -0.0136 e. The fraction of sp³-hybridized carbons (Fsp3) is 0.727. The van der Waals surface area contributed by atoms with E-state index in [2.05, 4.69) is 12.2 Å². The molecule has 1 radical (unpaired) electrons. The van der Waals surface area contributed by atoms with E-state index in [1.54, 1.807) is 0 Å². The minimum atomic E-state index is 0.922. The Morgan fingerprint density at radius 3 is 2.55 bits per heavy atom. The molecule has 0 saturated heterocycles. The molecule has 0 spiro atoms. The van der Waals surface area contributed by atoms with E-state index in [0.29, 0.717) is 0 Å². The van der Waals surface area contributed by atoms with E-state index in [1.165, 1.54) is 32.1 Å². The second-order valence-corrected chi connectivity index (χ2v) is 4.39. The van der Waals surface area contributed by atoms with Crippen LogP contribution < -0.4 is 0 Å². The third kappa shape index (κ3) is 0.816. The lowest BCUT2D eigenvalue weighted by Crippen LogP contribution is -2.23. The first-order chi connectivity index (χ1) is 5.43. The molecule has 0 aliphatic heterocycles. The van der Waals surface area contributed by atoms with Gasteiger partial charge in [0.15, 0.2) is 0 Å². The van der Waals surface area contributed by atoms with Crippen LogP contribution in [0.25, 0.3) is 0 Å². The van der Waals surface area contributed by atoms with Gasteiger partial charge in [-0.2, -0.15) is 0 Å². The fourth-order valence-electron chi connectivity index (χ4n) is 2.90. The van der Waals surface area contributed by atoms with Gasteiger partial charge in [-0.1, -0.05) is 18.6 Å². The molecule has 2 fully saturated rings. The first-order valence-electron chi connectivity index (χ1n) is 4.97. The van der Waals surface area contributed by atoms with Gasteiger partial charge in [-0.15, -0.1) is 0 Å². The SMILES string of the molecule is C1=CC2CC1C[C]2C1CCC1. The van der Waals surface area contributed by atoms with Crippen molar-refractivity contribution in [3.05, 3.63) is 18.1 Å². The van der Waals surface area contributed by atoms with Crippen LogP contribution in [0.4, 0.5) is 0 Å². The van der Waals surface area contributed by atoms with Gasteiger partial charge < -0.3 is 0 Å². The molecule has 0 amide bonds. The lowest BCUT2D eigenvalue weighted by Gasteiger charge is -2.34. The lowest BCUT2D eigenvalue weighted by molar-refractivity contribution is 0.303. The second-order valence-electron chi connectivity index (χ2n) is 4.39. The van der Waals surface area contributed by atoms with Crippen LogP contribution >= 0.6 is 0 Å². The summed E-state index contributed by atoms with van der Waals surface area (Å²) in [6.45, 7) is 0. The molecule has 0 aromatic heterocycles. The van der Waals surface area contributed by atoms with Crippen molar-refractivity contribution in [1.82, 2.24) is 0 Å². The molecule has 2 unspecified atom stereocenters. The Balaban J connectivity index is 1.75. The summed E-state index contributed by atoms with van der Waals surface area (Å²) in [5, 5.41) is 0. The van der Waals surface area contributed by atoms with Crippen LogP contribution in [0.2, 0.25) is 0 Å². The van der Waals surface area contributed by atoms with E-state index in [4.69, 9.17) is 0 Å². The van der Waals surface area contributed by atoms with Crippen molar-refractivity contribution in [3.8, 4) is 0 Å². The van der Waals surface area contributed by atoms with Crippen LogP contribution in [0.15, 0.2) is 12.2 Å². The summed E-state index contributed by atoms with van der Waals surface area (Å²) >= 11 is 0. The third-order valence-corrected chi connectivity index (χ3v) is 3.78. The summed E-state index contributed by atoms with van der Waals surface area (Å²) in [5.41, 5.74) is 0. The molecule has 3 aliphatic carbocycles. The zero-order chi connectivity index (χ0) is 7.26. The number of rotatable bonds is 1. The standard InChI is InChI=1S/C11H15/c1-2-9(3-1)11-7-8-4-5-10(11)6-8/h4-5,8-10H,1-3,6-7H2. The maximum absolute atomic E-state index is 2.46. The summed E-state index contributed by atoms with van der Waals surface area (Å²) < 4.78 is 0. The highest BCUT2D eigenvalue weighted by Gasteiger charge is 2.41. The zero-order valence-corrected chi connectivity index (χ0v) is 6.92. The van der Waals surface area contributed by atoms with Crippen LogP contribution in [0.1, 0.15) is 32.1 Å². The predicted molar refractivity (Wildman–Crippen MR) is 45.9 cm³/mol. The van der Waals surface area contributed by atoms with Crippen molar-refractivity contribution in [3.63, 3.8) is 0 Å². The average molecular weight is 147 g/mol. The average Bonchev–Trinajstić information content (AvgIpc) is 2.42. The smallest absolute Gasteiger partial charge is 0.0136 e. The van der Waals surface area contributed by atoms with Crippen molar-refractivity contribution in [2.75, 3.05) is 0 Å². The molecule has 2 atom stereocenters. The molecule has 3 rings (SSSR count). The van der Waals surface area contributed by atoms with Crippen molar-refractivity contribution < 1.29 is 0 Å². The van der Waals surface area contributed by atoms with Gasteiger partial charge in [-0.25, -0.2) is 0 Å². The normalized spacial score (nSPS) is 43.3. The molecule has 0 heteroatoms. The van der Waals surface area contributed by atoms with Crippen LogP contribution in [-0.2, 0) is 0 Å². The molecule has 2 saturated carbocycles. The predicted octanol–water partition coefficient (Wildman–Crippen LogP) is 2.96.